The van der Waals surface area contributed by atoms with Gasteiger partial charge in [-0.1, -0.05) is 0 Å². The molecule has 1 aliphatic rings. The molecule has 1 fully saturated rings. The van der Waals surface area contributed by atoms with Crippen molar-refractivity contribution in [3.8, 4) is 0 Å². The number of rotatable bonds is 3. The highest BCUT2D eigenvalue weighted by Gasteiger charge is 2.20. The fraction of sp³-hybridized carbons (Fsp3) is 0.417. The summed E-state index contributed by atoms with van der Waals surface area (Å²) in [6.45, 7) is 2.20. The van der Waals surface area contributed by atoms with Gasteiger partial charge >= 0.3 is 6.09 Å². The van der Waals surface area contributed by atoms with Crippen LogP contribution in [0, 0.1) is 0 Å². The lowest BCUT2D eigenvalue weighted by Crippen LogP contribution is -2.48. The number of piperazine rings is 1. The second kappa shape index (κ2) is 6.42. The molecule has 1 aliphatic heterocycles. The Morgan fingerprint density at radius 2 is 2.00 bits per heavy atom. The number of amides is 2. The van der Waals surface area contributed by atoms with Crippen molar-refractivity contribution < 1.29 is 14.7 Å². The maximum Gasteiger partial charge on any atom is 0.407 e. The Kier molecular flexibility index (Phi) is 4.62. The first kappa shape index (κ1) is 14.4. The van der Waals surface area contributed by atoms with Gasteiger partial charge in [0.05, 0.1) is 11.9 Å². The van der Waals surface area contributed by atoms with Crippen molar-refractivity contribution in [1.82, 2.24) is 9.88 Å². The van der Waals surface area contributed by atoms with Crippen LogP contribution in [0.3, 0.4) is 0 Å². The SMILES string of the molecule is O=C(CCl)Nc1ccc(N2CCN(C(=O)O)CC2)cn1. The average Bonchev–Trinajstić information content (AvgIpc) is 2.48. The second-order valence-electron chi connectivity index (χ2n) is 4.34. The van der Waals surface area contributed by atoms with Gasteiger partial charge in [0.2, 0.25) is 5.91 Å². The second-order valence-corrected chi connectivity index (χ2v) is 4.61. The number of pyridine rings is 1. The monoisotopic (exact) mass is 298 g/mol. The van der Waals surface area contributed by atoms with Crippen molar-refractivity contribution in [1.29, 1.82) is 0 Å². The van der Waals surface area contributed by atoms with Gasteiger partial charge in [-0.05, 0) is 12.1 Å². The van der Waals surface area contributed by atoms with Gasteiger partial charge in [0, 0.05) is 26.2 Å². The third kappa shape index (κ3) is 3.51. The van der Waals surface area contributed by atoms with Crippen LogP contribution in [0.5, 0.6) is 0 Å². The summed E-state index contributed by atoms with van der Waals surface area (Å²) in [5.74, 6) is 0.0335. The van der Waals surface area contributed by atoms with Crippen LogP contribution in [0.25, 0.3) is 0 Å². The van der Waals surface area contributed by atoms with Crippen molar-refractivity contribution in [3.63, 3.8) is 0 Å². The highest BCUT2D eigenvalue weighted by atomic mass is 35.5. The van der Waals surface area contributed by atoms with Gasteiger partial charge in [0.15, 0.2) is 0 Å². The normalized spacial score (nSPS) is 15.1. The van der Waals surface area contributed by atoms with Crippen molar-refractivity contribution in [3.05, 3.63) is 18.3 Å². The summed E-state index contributed by atoms with van der Waals surface area (Å²) in [6, 6.07) is 3.54. The lowest BCUT2D eigenvalue weighted by molar-refractivity contribution is -0.113. The fourth-order valence-electron chi connectivity index (χ4n) is 1.98. The standard InChI is InChI=1S/C12H15ClN4O3/c13-7-11(18)15-10-2-1-9(8-14-10)16-3-5-17(6-4-16)12(19)20/h1-2,8H,3-7H2,(H,19,20)(H,14,15,18). The molecule has 8 heteroatoms. The number of aromatic nitrogens is 1. The van der Waals surface area contributed by atoms with Crippen LogP contribution in [0.1, 0.15) is 0 Å². The van der Waals surface area contributed by atoms with E-state index in [4.69, 9.17) is 16.7 Å². The molecule has 2 rings (SSSR count). The number of anilines is 2. The molecular formula is C12H15ClN4O3. The molecule has 2 amide bonds. The number of nitrogens with one attached hydrogen (secondary N) is 1. The van der Waals surface area contributed by atoms with Gasteiger partial charge in [-0.15, -0.1) is 11.6 Å². The van der Waals surface area contributed by atoms with E-state index >= 15 is 0 Å². The molecule has 2 heterocycles. The van der Waals surface area contributed by atoms with Crippen LogP contribution in [-0.4, -0.2) is 59.0 Å². The summed E-state index contributed by atoms with van der Waals surface area (Å²) < 4.78 is 0. The van der Waals surface area contributed by atoms with Gasteiger partial charge in [-0.2, -0.15) is 0 Å². The van der Waals surface area contributed by atoms with Gasteiger partial charge in [0.25, 0.3) is 0 Å². The van der Waals surface area contributed by atoms with E-state index in [1.165, 1.54) is 4.90 Å². The Morgan fingerprint density at radius 3 is 2.50 bits per heavy atom. The fourth-order valence-corrected chi connectivity index (χ4v) is 2.05. The minimum absolute atomic E-state index is 0.111. The predicted octanol–water partition coefficient (Wildman–Crippen LogP) is 1.06. The van der Waals surface area contributed by atoms with E-state index in [-0.39, 0.29) is 11.8 Å². The number of carbonyl (C=O) groups excluding carboxylic acids is 1. The lowest BCUT2D eigenvalue weighted by atomic mass is 10.3. The van der Waals surface area contributed by atoms with Crippen molar-refractivity contribution in [2.24, 2.45) is 0 Å². The Hall–Kier alpha value is -2.02. The van der Waals surface area contributed by atoms with Gasteiger partial charge in [-0.25, -0.2) is 9.78 Å². The summed E-state index contributed by atoms with van der Waals surface area (Å²) in [5.41, 5.74) is 0.902. The van der Waals surface area contributed by atoms with Gasteiger partial charge in [-0.3, -0.25) is 4.79 Å². The number of halogens is 1. The minimum atomic E-state index is -0.887. The predicted molar refractivity (Wildman–Crippen MR) is 75.4 cm³/mol. The first-order valence-corrected chi connectivity index (χ1v) is 6.68. The zero-order valence-electron chi connectivity index (χ0n) is 10.8. The summed E-state index contributed by atoms with van der Waals surface area (Å²) in [5, 5.41) is 11.4. The molecule has 2 N–H and O–H groups in total. The molecule has 20 heavy (non-hydrogen) atoms. The molecule has 108 valence electrons. The third-order valence-corrected chi connectivity index (χ3v) is 3.29. The molecule has 1 aromatic rings. The van der Waals surface area contributed by atoms with Crippen LogP contribution in [-0.2, 0) is 4.79 Å². The Labute approximate surface area is 121 Å². The smallest absolute Gasteiger partial charge is 0.407 e. The number of carbonyl (C=O) groups is 2. The van der Waals surface area contributed by atoms with E-state index < -0.39 is 6.09 Å². The maximum absolute atomic E-state index is 11.1. The average molecular weight is 299 g/mol. The number of carboxylic acid groups (broad SMARTS) is 1. The zero-order valence-corrected chi connectivity index (χ0v) is 11.5. The topological polar surface area (TPSA) is 85.8 Å². The number of alkyl halides is 1. The molecule has 7 nitrogen and oxygen atoms in total. The summed E-state index contributed by atoms with van der Waals surface area (Å²) >= 11 is 5.39. The third-order valence-electron chi connectivity index (χ3n) is 3.05. The van der Waals surface area contributed by atoms with Crippen LogP contribution in [0.4, 0.5) is 16.3 Å². The molecule has 0 radical (unpaired) electrons. The summed E-state index contributed by atoms with van der Waals surface area (Å²) in [7, 11) is 0. The van der Waals surface area contributed by atoms with Crippen LogP contribution < -0.4 is 10.2 Å². The molecule has 0 aromatic carbocycles. The first-order chi connectivity index (χ1) is 9.60. The van der Waals surface area contributed by atoms with E-state index in [0.29, 0.717) is 32.0 Å². The lowest BCUT2D eigenvalue weighted by Gasteiger charge is -2.34. The highest BCUT2D eigenvalue weighted by molar-refractivity contribution is 6.28. The van der Waals surface area contributed by atoms with E-state index in [2.05, 4.69) is 15.2 Å². The molecule has 1 saturated heterocycles. The molecule has 0 unspecified atom stereocenters. The van der Waals surface area contributed by atoms with E-state index in [1.54, 1.807) is 12.3 Å². The van der Waals surface area contributed by atoms with Gasteiger partial charge in [0.1, 0.15) is 11.7 Å². The number of hydrogen-bond donors (Lipinski definition) is 2. The van der Waals surface area contributed by atoms with Gasteiger partial charge < -0.3 is 20.2 Å². The largest absolute Gasteiger partial charge is 0.465 e. The maximum atomic E-state index is 11.1. The highest BCUT2D eigenvalue weighted by Crippen LogP contribution is 2.17. The Bertz CT molecular complexity index is 486. The summed E-state index contributed by atoms with van der Waals surface area (Å²) in [4.78, 5) is 29.5. The van der Waals surface area contributed by atoms with Crippen molar-refractivity contribution in [2.75, 3.05) is 42.3 Å². The number of nitrogens with zero attached hydrogens (tertiary/aromatic N) is 3. The van der Waals surface area contributed by atoms with Crippen molar-refractivity contribution >= 4 is 35.1 Å². The van der Waals surface area contributed by atoms with Crippen LogP contribution in [0.15, 0.2) is 18.3 Å². The molecular weight excluding hydrogens is 284 g/mol. The minimum Gasteiger partial charge on any atom is -0.465 e. The Balaban J connectivity index is 1.94. The van der Waals surface area contributed by atoms with E-state index in [1.807, 2.05) is 6.07 Å². The van der Waals surface area contributed by atoms with E-state index in [9.17, 15) is 9.59 Å². The van der Waals surface area contributed by atoms with Crippen molar-refractivity contribution in [2.45, 2.75) is 0 Å². The number of hydrogen-bond acceptors (Lipinski definition) is 4. The molecule has 1 aromatic heterocycles. The molecule has 0 bridgehead atoms. The zero-order chi connectivity index (χ0) is 14.5. The molecule has 0 atom stereocenters. The molecule has 0 saturated carbocycles. The summed E-state index contributed by atoms with van der Waals surface area (Å²) in [6.07, 6.45) is 0.766. The quantitative estimate of drug-likeness (QED) is 0.815. The first-order valence-electron chi connectivity index (χ1n) is 6.15. The Morgan fingerprint density at radius 1 is 1.30 bits per heavy atom. The molecule has 0 aliphatic carbocycles. The molecule has 0 spiro atoms. The van der Waals surface area contributed by atoms with E-state index in [0.717, 1.165) is 5.69 Å². The van der Waals surface area contributed by atoms with Crippen LogP contribution in [0.2, 0.25) is 0 Å². The van der Waals surface area contributed by atoms with Crippen LogP contribution >= 0.6 is 11.6 Å².